The predicted octanol–water partition coefficient (Wildman–Crippen LogP) is 4.22. The third-order valence-corrected chi connectivity index (χ3v) is 6.00. The summed E-state index contributed by atoms with van der Waals surface area (Å²) in [4.78, 5) is 17.1. The van der Waals surface area contributed by atoms with Crippen LogP contribution in [0.25, 0.3) is 21.7 Å². The zero-order chi connectivity index (χ0) is 19.1. The SMILES string of the molecule is Cc1nc(C)c(-c2nnc(SCc3cc(=O)oc4c(C)c(O)ccc34)o2)s1. The Balaban J connectivity index is 1.62. The quantitative estimate of drug-likeness (QED) is 0.400. The number of rotatable bonds is 4. The lowest BCUT2D eigenvalue weighted by Gasteiger charge is -2.07. The molecular formula is C18H15N3O4S2. The molecule has 4 aromatic rings. The number of fused-ring (bicyclic) bond motifs is 1. The third-order valence-electron chi connectivity index (χ3n) is 4.07. The molecule has 0 aliphatic heterocycles. The molecule has 0 radical (unpaired) electrons. The number of hydrogen-bond acceptors (Lipinski definition) is 9. The summed E-state index contributed by atoms with van der Waals surface area (Å²) in [5.74, 6) is 0.986. The minimum absolute atomic E-state index is 0.0900. The smallest absolute Gasteiger partial charge is 0.336 e. The minimum Gasteiger partial charge on any atom is -0.508 e. The molecule has 1 aromatic carbocycles. The fraction of sp³-hybridized carbons (Fsp3) is 0.222. The van der Waals surface area contributed by atoms with Gasteiger partial charge in [0.2, 0.25) is 0 Å². The van der Waals surface area contributed by atoms with Gasteiger partial charge in [0, 0.05) is 22.8 Å². The summed E-state index contributed by atoms with van der Waals surface area (Å²) in [5, 5.41) is 20.1. The lowest BCUT2D eigenvalue weighted by molar-refractivity contribution is 0.466. The number of thioether (sulfide) groups is 1. The lowest BCUT2D eigenvalue weighted by atomic mass is 10.1. The Morgan fingerprint density at radius 1 is 1.19 bits per heavy atom. The molecular weight excluding hydrogens is 386 g/mol. The fourth-order valence-corrected chi connectivity index (χ4v) is 4.36. The number of thiazole rings is 1. The number of benzene rings is 1. The van der Waals surface area contributed by atoms with Crippen molar-refractivity contribution in [3.63, 3.8) is 0 Å². The maximum Gasteiger partial charge on any atom is 0.336 e. The van der Waals surface area contributed by atoms with E-state index in [1.54, 1.807) is 19.1 Å². The highest BCUT2D eigenvalue weighted by molar-refractivity contribution is 7.98. The van der Waals surface area contributed by atoms with Gasteiger partial charge in [-0.3, -0.25) is 0 Å². The van der Waals surface area contributed by atoms with Crippen LogP contribution < -0.4 is 5.63 Å². The molecule has 0 atom stereocenters. The van der Waals surface area contributed by atoms with Gasteiger partial charge in [-0.2, -0.15) is 0 Å². The second-order valence-electron chi connectivity index (χ2n) is 5.99. The molecule has 0 spiro atoms. The molecule has 138 valence electrons. The molecule has 7 nitrogen and oxygen atoms in total. The zero-order valence-corrected chi connectivity index (χ0v) is 16.4. The van der Waals surface area contributed by atoms with Crippen LogP contribution in [0.5, 0.6) is 5.75 Å². The summed E-state index contributed by atoms with van der Waals surface area (Å²) in [7, 11) is 0. The second kappa shape index (κ2) is 6.82. The van der Waals surface area contributed by atoms with E-state index in [0.29, 0.717) is 28.0 Å². The summed E-state index contributed by atoms with van der Waals surface area (Å²) in [5.41, 5.74) is 2.10. The van der Waals surface area contributed by atoms with Crippen LogP contribution in [-0.2, 0) is 5.75 Å². The van der Waals surface area contributed by atoms with E-state index < -0.39 is 5.63 Å². The highest BCUT2D eigenvalue weighted by atomic mass is 32.2. The van der Waals surface area contributed by atoms with Gasteiger partial charge in [0.25, 0.3) is 11.1 Å². The highest BCUT2D eigenvalue weighted by Crippen LogP contribution is 2.33. The molecule has 0 aliphatic carbocycles. The first kappa shape index (κ1) is 17.7. The predicted molar refractivity (Wildman–Crippen MR) is 103 cm³/mol. The van der Waals surface area contributed by atoms with Gasteiger partial charge >= 0.3 is 5.63 Å². The number of aryl methyl sites for hydroxylation is 3. The Morgan fingerprint density at radius 3 is 2.74 bits per heavy atom. The van der Waals surface area contributed by atoms with E-state index in [2.05, 4.69) is 15.2 Å². The van der Waals surface area contributed by atoms with Gasteiger partial charge in [-0.15, -0.1) is 21.5 Å². The number of aromatic nitrogens is 3. The van der Waals surface area contributed by atoms with Crippen LogP contribution in [0, 0.1) is 20.8 Å². The maximum atomic E-state index is 11.9. The Kier molecular flexibility index (Phi) is 4.48. The topological polar surface area (TPSA) is 102 Å². The number of hydrogen-bond donors (Lipinski definition) is 1. The van der Waals surface area contributed by atoms with Crippen molar-refractivity contribution >= 4 is 34.1 Å². The fourth-order valence-electron chi connectivity index (χ4n) is 2.76. The van der Waals surface area contributed by atoms with E-state index in [1.807, 2.05) is 13.8 Å². The standard InChI is InChI=1S/C18H15N3O4S2/c1-8-13(22)5-4-12-11(6-14(23)24-15(8)12)7-26-18-21-20-17(25-18)16-9(2)19-10(3)27-16/h4-6,22H,7H2,1-3H3. The molecule has 9 heteroatoms. The van der Waals surface area contributed by atoms with E-state index >= 15 is 0 Å². The molecule has 0 bridgehead atoms. The van der Waals surface area contributed by atoms with E-state index in [9.17, 15) is 9.90 Å². The highest BCUT2D eigenvalue weighted by Gasteiger charge is 2.16. The van der Waals surface area contributed by atoms with Crippen molar-refractivity contribution in [3.05, 3.63) is 50.4 Å². The summed E-state index contributed by atoms with van der Waals surface area (Å²) in [6, 6.07) is 4.77. The molecule has 0 aliphatic rings. The normalized spacial score (nSPS) is 11.4. The van der Waals surface area contributed by atoms with Gasteiger partial charge in [0.05, 0.1) is 10.7 Å². The van der Waals surface area contributed by atoms with Gasteiger partial charge in [0.1, 0.15) is 16.2 Å². The number of nitrogens with zero attached hydrogens (tertiary/aromatic N) is 3. The molecule has 4 rings (SSSR count). The molecule has 27 heavy (non-hydrogen) atoms. The van der Waals surface area contributed by atoms with Crippen molar-refractivity contribution in [2.45, 2.75) is 31.7 Å². The zero-order valence-electron chi connectivity index (χ0n) is 14.8. The van der Waals surface area contributed by atoms with Crippen LogP contribution in [0.1, 0.15) is 21.8 Å². The number of phenolic OH excluding ortho intramolecular Hbond substituents is 1. The molecule has 0 amide bonds. The minimum atomic E-state index is -0.464. The Bertz CT molecular complexity index is 1210. The van der Waals surface area contributed by atoms with Gasteiger partial charge < -0.3 is 13.9 Å². The summed E-state index contributed by atoms with van der Waals surface area (Å²) in [6.07, 6.45) is 0. The van der Waals surface area contributed by atoms with E-state index in [0.717, 1.165) is 26.5 Å². The maximum absolute atomic E-state index is 11.9. The van der Waals surface area contributed by atoms with Crippen LogP contribution in [-0.4, -0.2) is 20.3 Å². The number of aromatic hydroxyl groups is 1. The molecule has 0 fully saturated rings. The molecule has 0 unspecified atom stereocenters. The van der Waals surface area contributed by atoms with E-state index in [-0.39, 0.29) is 5.75 Å². The summed E-state index contributed by atoms with van der Waals surface area (Å²) < 4.78 is 11.0. The Hall–Kier alpha value is -2.65. The van der Waals surface area contributed by atoms with Crippen molar-refractivity contribution in [2.24, 2.45) is 0 Å². The third kappa shape index (κ3) is 3.35. The first-order valence-corrected chi connectivity index (χ1v) is 9.88. The van der Waals surface area contributed by atoms with Crippen LogP contribution in [0.3, 0.4) is 0 Å². The van der Waals surface area contributed by atoms with Gasteiger partial charge in [0.15, 0.2) is 0 Å². The average Bonchev–Trinajstić information content (AvgIpc) is 3.22. The van der Waals surface area contributed by atoms with E-state index in [4.69, 9.17) is 8.83 Å². The van der Waals surface area contributed by atoms with Crippen molar-refractivity contribution in [2.75, 3.05) is 0 Å². The molecule has 0 saturated heterocycles. The average molecular weight is 401 g/mol. The van der Waals surface area contributed by atoms with Crippen molar-refractivity contribution in [1.29, 1.82) is 0 Å². The molecule has 1 N–H and O–H groups in total. The monoisotopic (exact) mass is 401 g/mol. The van der Waals surface area contributed by atoms with Crippen LogP contribution in [0.4, 0.5) is 0 Å². The van der Waals surface area contributed by atoms with Crippen molar-refractivity contribution in [3.8, 4) is 16.5 Å². The molecule has 3 aromatic heterocycles. The van der Waals surface area contributed by atoms with E-state index in [1.165, 1.54) is 29.2 Å². The van der Waals surface area contributed by atoms with Gasteiger partial charge in [-0.1, -0.05) is 11.8 Å². The van der Waals surface area contributed by atoms with Crippen molar-refractivity contribution in [1.82, 2.24) is 15.2 Å². The largest absolute Gasteiger partial charge is 0.508 e. The molecule has 3 heterocycles. The van der Waals surface area contributed by atoms with Gasteiger partial charge in [-0.05, 0) is 38.5 Å². The first-order valence-electron chi connectivity index (χ1n) is 8.08. The Labute approximate surface area is 162 Å². The number of phenols is 1. The van der Waals surface area contributed by atoms with Crippen LogP contribution in [0.2, 0.25) is 0 Å². The lowest BCUT2D eigenvalue weighted by Crippen LogP contribution is -2.01. The summed E-state index contributed by atoms with van der Waals surface area (Å²) in [6.45, 7) is 5.54. The van der Waals surface area contributed by atoms with Crippen molar-refractivity contribution < 1.29 is 13.9 Å². The van der Waals surface area contributed by atoms with Crippen LogP contribution in [0.15, 0.2) is 37.1 Å². The van der Waals surface area contributed by atoms with Gasteiger partial charge in [-0.25, -0.2) is 9.78 Å². The van der Waals surface area contributed by atoms with Crippen LogP contribution >= 0.6 is 23.1 Å². The summed E-state index contributed by atoms with van der Waals surface area (Å²) >= 11 is 2.84. The first-order chi connectivity index (χ1) is 12.9. The molecule has 0 saturated carbocycles. The Morgan fingerprint density at radius 2 is 2.00 bits per heavy atom. The second-order valence-corrected chi connectivity index (χ2v) is 8.12.